The minimum Gasteiger partial charge on any atom is -0.497 e. The van der Waals surface area contributed by atoms with Crippen molar-refractivity contribution in [1.82, 2.24) is 19.8 Å². The fraction of sp³-hybridized carbons (Fsp3) is 0.464. The second-order valence-corrected chi connectivity index (χ2v) is 10.0. The van der Waals surface area contributed by atoms with Gasteiger partial charge in [-0.1, -0.05) is 56.4 Å². The number of imidazole rings is 1. The molecule has 2 aliphatic rings. The summed E-state index contributed by atoms with van der Waals surface area (Å²) in [6.07, 6.45) is 7.96. The van der Waals surface area contributed by atoms with E-state index in [1.807, 2.05) is 60.0 Å². The predicted molar refractivity (Wildman–Crippen MR) is 135 cm³/mol. The van der Waals surface area contributed by atoms with Gasteiger partial charge in [0, 0.05) is 12.6 Å². The van der Waals surface area contributed by atoms with Crippen molar-refractivity contribution in [2.24, 2.45) is 0 Å². The van der Waals surface area contributed by atoms with E-state index in [1.165, 1.54) is 19.3 Å². The highest BCUT2D eigenvalue weighted by atomic mass is 16.5. The molecule has 1 atom stereocenters. The number of fused-ring (bicyclic) bond motifs is 3. The second kappa shape index (κ2) is 9.72. The molecule has 1 aliphatic carbocycles. The number of ether oxygens (including phenoxy) is 1. The third-order valence-corrected chi connectivity index (χ3v) is 7.58. The number of aromatic nitrogens is 2. The summed E-state index contributed by atoms with van der Waals surface area (Å²) in [4.78, 5) is 34.1. The second-order valence-electron chi connectivity index (χ2n) is 10.0. The number of para-hydroxylation sites is 2. The Morgan fingerprint density at radius 1 is 1.06 bits per heavy atom. The van der Waals surface area contributed by atoms with Crippen molar-refractivity contribution in [2.75, 3.05) is 7.11 Å². The Morgan fingerprint density at radius 2 is 1.74 bits per heavy atom. The molecule has 3 aromatic rings. The van der Waals surface area contributed by atoms with E-state index in [0.29, 0.717) is 18.9 Å². The number of nitrogens with one attached hydrogen (secondary N) is 1. The molecule has 7 heteroatoms. The van der Waals surface area contributed by atoms with Gasteiger partial charge in [-0.25, -0.2) is 4.98 Å². The van der Waals surface area contributed by atoms with E-state index in [9.17, 15) is 9.59 Å². The lowest BCUT2D eigenvalue weighted by Gasteiger charge is -2.44. The number of methoxy groups -OCH3 is 1. The summed E-state index contributed by atoms with van der Waals surface area (Å²) in [6.45, 7) is 2.58. The fourth-order valence-corrected chi connectivity index (χ4v) is 5.43. The molecular formula is C28H34N4O3. The molecule has 0 bridgehead atoms. The van der Waals surface area contributed by atoms with Crippen LogP contribution in [0.15, 0.2) is 48.5 Å². The van der Waals surface area contributed by atoms with Crippen molar-refractivity contribution >= 4 is 22.8 Å². The normalized spacial score (nSPS) is 21.3. The molecule has 1 fully saturated rings. The zero-order chi connectivity index (χ0) is 24.4. The van der Waals surface area contributed by atoms with E-state index >= 15 is 0 Å². The van der Waals surface area contributed by atoms with Gasteiger partial charge in [0.25, 0.3) is 5.91 Å². The van der Waals surface area contributed by atoms with Gasteiger partial charge in [-0.2, -0.15) is 0 Å². The van der Waals surface area contributed by atoms with Crippen LogP contribution in [-0.4, -0.2) is 45.0 Å². The first kappa shape index (κ1) is 23.4. The van der Waals surface area contributed by atoms with E-state index in [1.54, 1.807) is 12.0 Å². The number of carbonyl (C=O) groups is 2. The number of carbonyl (C=O) groups excluding carboxylic acids is 2. The topological polar surface area (TPSA) is 76.5 Å². The summed E-state index contributed by atoms with van der Waals surface area (Å²) in [6, 6.07) is 15.5. The Labute approximate surface area is 206 Å². The standard InChI is InChI=1S/C28H34N4O3/c1-28(27(34)29-21-10-6-4-3-5-7-11-21)19-31-24-13-9-8-12-23(24)30-25(31)26(33)32(28)18-20-14-16-22(35-2)17-15-20/h8-9,12-17,21H,3-7,10-11,18-19H2,1-2H3,(H,29,34)/t28-/m0/s1. The SMILES string of the molecule is COc1ccc(CN2C(=O)c3nc4ccccc4n3C[C@@]2(C)C(=O)NC2CCCCCCC2)cc1. The highest BCUT2D eigenvalue weighted by Crippen LogP contribution is 2.32. The molecule has 0 saturated heterocycles. The number of nitrogens with zero attached hydrogens (tertiary/aromatic N) is 3. The molecule has 2 aromatic carbocycles. The largest absolute Gasteiger partial charge is 0.497 e. The summed E-state index contributed by atoms with van der Waals surface area (Å²) in [5.74, 6) is 0.827. The highest BCUT2D eigenvalue weighted by Gasteiger charge is 2.48. The van der Waals surface area contributed by atoms with Crippen LogP contribution in [0.1, 0.15) is 68.1 Å². The molecule has 7 nitrogen and oxygen atoms in total. The molecule has 1 N–H and O–H groups in total. The maximum atomic E-state index is 13.9. The Kier molecular flexibility index (Phi) is 6.50. The summed E-state index contributed by atoms with van der Waals surface area (Å²) in [5.41, 5.74) is 1.54. The molecule has 0 spiro atoms. The molecule has 184 valence electrons. The molecule has 35 heavy (non-hydrogen) atoms. The van der Waals surface area contributed by atoms with Gasteiger partial charge in [0.05, 0.1) is 24.7 Å². The van der Waals surface area contributed by atoms with E-state index in [2.05, 4.69) is 10.3 Å². The van der Waals surface area contributed by atoms with Crippen LogP contribution in [0.25, 0.3) is 11.0 Å². The van der Waals surface area contributed by atoms with Gasteiger partial charge < -0.3 is 19.5 Å². The van der Waals surface area contributed by atoms with Crippen LogP contribution < -0.4 is 10.1 Å². The molecule has 0 radical (unpaired) electrons. The molecule has 1 aliphatic heterocycles. The average Bonchev–Trinajstić information content (AvgIpc) is 3.22. The lowest BCUT2D eigenvalue weighted by molar-refractivity contribution is -0.134. The summed E-state index contributed by atoms with van der Waals surface area (Å²) < 4.78 is 7.20. The lowest BCUT2D eigenvalue weighted by Crippen LogP contribution is -2.64. The van der Waals surface area contributed by atoms with Gasteiger partial charge >= 0.3 is 0 Å². The first-order valence-corrected chi connectivity index (χ1v) is 12.7. The van der Waals surface area contributed by atoms with Crippen molar-refractivity contribution in [3.05, 3.63) is 59.9 Å². The third kappa shape index (κ3) is 4.51. The Bertz CT molecular complexity index is 1210. The van der Waals surface area contributed by atoms with Crippen LogP contribution in [-0.2, 0) is 17.9 Å². The van der Waals surface area contributed by atoms with Crippen LogP contribution in [0.4, 0.5) is 0 Å². The molecule has 2 amide bonds. The van der Waals surface area contributed by atoms with Gasteiger partial charge in [0.1, 0.15) is 11.3 Å². The van der Waals surface area contributed by atoms with Crippen molar-refractivity contribution in [3.8, 4) is 5.75 Å². The maximum absolute atomic E-state index is 13.9. The minimum absolute atomic E-state index is 0.0895. The molecular weight excluding hydrogens is 440 g/mol. The highest BCUT2D eigenvalue weighted by molar-refractivity contribution is 6.01. The number of hydrogen-bond donors (Lipinski definition) is 1. The quantitative estimate of drug-likeness (QED) is 0.582. The summed E-state index contributed by atoms with van der Waals surface area (Å²) in [5, 5.41) is 3.34. The van der Waals surface area contributed by atoms with Crippen LogP contribution in [0.5, 0.6) is 5.75 Å². The van der Waals surface area contributed by atoms with Gasteiger partial charge in [-0.05, 0) is 49.6 Å². The number of amides is 2. The molecule has 0 unspecified atom stereocenters. The number of hydrogen-bond acceptors (Lipinski definition) is 4. The molecule has 2 heterocycles. The first-order valence-electron chi connectivity index (χ1n) is 12.7. The third-order valence-electron chi connectivity index (χ3n) is 7.58. The van der Waals surface area contributed by atoms with Crippen LogP contribution in [0, 0.1) is 0 Å². The fourth-order valence-electron chi connectivity index (χ4n) is 5.43. The predicted octanol–water partition coefficient (Wildman–Crippen LogP) is 4.69. The molecule has 1 saturated carbocycles. The van der Waals surface area contributed by atoms with E-state index in [-0.39, 0.29) is 17.9 Å². The van der Waals surface area contributed by atoms with E-state index in [4.69, 9.17) is 4.74 Å². The van der Waals surface area contributed by atoms with E-state index < -0.39 is 5.54 Å². The summed E-state index contributed by atoms with van der Waals surface area (Å²) in [7, 11) is 1.63. The monoisotopic (exact) mass is 474 g/mol. The van der Waals surface area contributed by atoms with Gasteiger partial charge in [-0.3, -0.25) is 9.59 Å². The summed E-state index contributed by atoms with van der Waals surface area (Å²) >= 11 is 0. The van der Waals surface area contributed by atoms with Crippen molar-refractivity contribution in [1.29, 1.82) is 0 Å². The average molecular weight is 475 g/mol. The Morgan fingerprint density at radius 3 is 2.46 bits per heavy atom. The van der Waals surface area contributed by atoms with Gasteiger partial charge in [0.15, 0.2) is 5.82 Å². The lowest BCUT2D eigenvalue weighted by atomic mass is 9.92. The minimum atomic E-state index is -1.05. The van der Waals surface area contributed by atoms with Crippen molar-refractivity contribution < 1.29 is 14.3 Å². The van der Waals surface area contributed by atoms with Crippen LogP contribution >= 0.6 is 0 Å². The van der Waals surface area contributed by atoms with Crippen molar-refractivity contribution in [2.45, 2.75) is 76.5 Å². The van der Waals surface area contributed by atoms with E-state index in [0.717, 1.165) is 48.0 Å². The number of benzene rings is 2. The van der Waals surface area contributed by atoms with Crippen LogP contribution in [0.3, 0.4) is 0 Å². The smallest absolute Gasteiger partial charge is 0.291 e. The molecule has 1 aromatic heterocycles. The molecule has 5 rings (SSSR count). The maximum Gasteiger partial charge on any atom is 0.291 e. The van der Waals surface area contributed by atoms with Gasteiger partial charge in [-0.15, -0.1) is 0 Å². The van der Waals surface area contributed by atoms with Crippen molar-refractivity contribution in [3.63, 3.8) is 0 Å². The zero-order valence-electron chi connectivity index (χ0n) is 20.6. The van der Waals surface area contributed by atoms with Crippen LogP contribution in [0.2, 0.25) is 0 Å². The zero-order valence-corrected chi connectivity index (χ0v) is 20.6. The Hall–Kier alpha value is -3.35. The van der Waals surface area contributed by atoms with Gasteiger partial charge in [0.2, 0.25) is 5.91 Å². The Balaban J connectivity index is 1.50. The first-order chi connectivity index (χ1) is 17.0. The number of rotatable bonds is 5.